The number of hydrogen-bond donors (Lipinski definition) is 0. The van der Waals surface area contributed by atoms with E-state index in [1.165, 1.54) is 12.6 Å². The Kier molecular flexibility index (Phi) is 1.89. The fourth-order valence-electron chi connectivity index (χ4n) is 0.857. The Morgan fingerprint density at radius 1 is 1.62 bits per heavy atom. The average molecular weight is 132 g/mol. The third-order valence-electron chi connectivity index (χ3n) is 2.00. The van der Waals surface area contributed by atoms with Gasteiger partial charge in [0.15, 0.2) is 0 Å². The average Bonchev–Trinajstić information content (AvgIpc) is 1.67. The maximum Gasteiger partial charge on any atom is 0.0547 e. The second-order valence-electron chi connectivity index (χ2n) is 2.55. The van der Waals surface area contributed by atoms with Gasteiger partial charge in [-0.1, -0.05) is 6.92 Å². The van der Waals surface area contributed by atoms with Crippen LogP contribution in [0, 0.1) is 5.41 Å². The monoisotopic (exact) mass is 132 g/mol. The molecule has 0 aliphatic carbocycles. The van der Waals surface area contributed by atoms with Crippen molar-refractivity contribution in [2.45, 2.75) is 13.3 Å². The second-order valence-corrected chi connectivity index (χ2v) is 2.96. The topological polar surface area (TPSA) is 9.23 Å². The zero-order valence-electron chi connectivity index (χ0n) is 5.31. The minimum Gasteiger partial charge on any atom is -0.380 e. The molecular weight excluding hydrogens is 119 g/mol. The lowest BCUT2D eigenvalue weighted by molar-refractivity contribution is -0.0995. The maximum atomic E-state index is 5.11. The summed E-state index contributed by atoms with van der Waals surface area (Å²) in [5, 5.41) is 0. The van der Waals surface area contributed by atoms with Crippen LogP contribution in [0.5, 0.6) is 0 Å². The minimum atomic E-state index is 0.546. The van der Waals surface area contributed by atoms with Crippen molar-refractivity contribution in [2.24, 2.45) is 5.41 Å². The normalized spacial score (nSPS) is 24.8. The lowest BCUT2D eigenvalue weighted by atomic mass is 9.86. The van der Waals surface area contributed by atoms with Crippen LogP contribution in [-0.4, -0.2) is 19.4 Å². The second kappa shape index (κ2) is 2.33. The molecule has 1 saturated heterocycles. The lowest BCUT2D eigenvalue weighted by Crippen LogP contribution is -2.43. The summed E-state index contributed by atoms with van der Waals surface area (Å²) in [6, 6.07) is 0. The van der Waals surface area contributed by atoms with E-state index < -0.39 is 0 Å². The van der Waals surface area contributed by atoms with Gasteiger partial charge in [0.2, 0.25) is 0 Å². The molecule has 2 heteroatoms. The van der Waals surface area contributed by atoms with Crippen molar-refractivity contribution in [3.05, 3.63) is 0 Å². The molecule has 1 rings (SSSR count). The first kappa shape index (κ1) is 6.51. The van der Waals surface area contributed by atoms with Gasteiger partial charge >= 0.3 is 0 Å². The molecule has 0 aromatic rings. The summed E-state index contributed by atoms with van der Waals surface area (Å²) >= 11 is 0. The molecule has 1 aliphatic heterocycles. The van der Waals surface area contributed by atoms with E-state index in [2.05, 4.69) is 16.2 Å². The van der Waals surface area contributed by atoms with Crippen molar-refractivity contribution in [2.75, 3.05) is 19.4 Å². The number of hydrogen-bond acceptors (Lipinski definition) is 1. The SMILES string of the molecule is CCC1(CP)COC1. The highest BCUT2D eigenvalue weighted by molar-refractivity contribution is 7.16. The zero-order chi connectivity index (χ0) is 6.04. The van der Waals surface area contributed by atoms with Crippen molar-refractivity contribution < 1.29 is 4.74 Å². The fourth-order valence-corrected chi connectivity index (χ4v) is 1.38. The smallest absolute Gasteiger partial charge is 0.0547 e. The van der Waals surface area contributed by atoms with Crippen LogP contribution in [0.1, 0.15) is 13.3 Å². The van der Waals surface area contributed by atoms with Gasteiger partial charge < -0.3 is 4.74 Å². The van der Waals surface area contributed by atoms with Crippen LogP contribution in [0.2, 0.25) is 0 Å². The summed E-state index contributed by atoms with van der Waals surface area (Å²) in [7, 11) is 2.78. The summed E-state index contributed by atoms with van der Waals surface area (Å²) in [5.41, 5.74) is 0.546. The minimum absolute atomic E-state index is 0.546. The summed E-state index contributed by atoms with van der Waals surface area (Å²) in [5.74, 6) is 0. The number of ether oxygens (including phenoxy) is 1. The van der Waals surface area contributed by atoms with Gasteiger partial charge in [0.25, 0.3) is 0 Å². The van der Waals surface area contributed by atoms with Gasteiger partial charge in [0.05, 0.1) is 13.2 Å². The predicted octanol–water partition coefficient (Wildman–Crippen LogP) is 1.29. The predicted molar refractivity (Wildman–Crippen MR) is 38.1 cm³/mol. The van der Waals surface area contributed by atoms with Gasteiger partial charge in [-0.05, 0) is 12.6 Å². The molecule has 1 nitrogen and oxygen atoms in total. The highest BCUT2D eigenvalue weighted by Gasteiger charge is 2.34. The highest BCUT2D eigenvalue weighted by Crippen LogP contribution is 2.32. The molecule has 48 valence electrons. The van der Waals surface area contributed by atoms with Crippen molar-refractivity contribution in [1.82, 2.24) is 0 Å². The Labute approximate surface area is 53.0 Å². The van der Waals surface area contributed by atoms with Crippen molar-refractivity contribution in [1.29, 1.82) is 0 Å². The van der Waals surface area contributed by atoms with Crippen LogP contribution in [-0.2, 0) is 4.74 Å². The molecule has 8 heavy (non-hydrogen) atoms. The summed E-state index contributed by atoms with van der Waals surface area (Å²) in [4.78, 5) is 0. The first-order chi connectivity index (χ1) is 3.83. The molecule has 0 amide bonds. The molecule has 0 N–H and O–H groups in total. The number of rotatable bonds is 2. The molecule has 0 bridgehead atoms. The third kappa shape index (κ3) is 0.897. The van der Waals surface area contributed by atoms with E-state index in [1.54, 1.807) is 0 Å². The largest absolute Gasteiger partial charge is 0.380 e. The lowest BCUT2D eigenvalue weighted by Gasteiger charge is -2.39. The van der Waals surface area contributed by atoms with Gasteiger partial charge in [0.1, 0.15) is 0 Å². The quantitative estimate of drug-likeness (QED) is 0.514. The molecular formula is C6H13OP. The van der Waals surface area contributed by atoms with E-state index in [1.807, 2.05) is 0 Å². The van der Waals surface area contributed by atoms with Crippen LogP contribution >= 0.6 is 9.24 Å². The van der Waals surface area contributed by atoms with Crippen LogP contribution in [0.4, 0.5) is 0 Å². The van der Waals surface area contributed by atoms with Gasteiger partial charge in [-0.15, -0.1) is 9.24 Å². The molecule has 0 radical (unpaired) electrons. The molecule has 1 fully saturated rings. The molecule has 1 aliphatic rings. The maximum absolute atomic E-state index is 5.11. The van der Waals surface area contributed by atoms with Crippen LogP contribution in [0.15, 0.2) is 0 Å². The molecule has 0 spiro atoms. The van der Waals surface area contributed by atoms with Crippen LogP contribution < -0.4 is 0 Å². The molecule has 1 heterocycles. The molecule has 1 unspecified atom stereocenters. The van der Waals surface area contributed by atoms with Crippen LogP contribution in [0.25, 0.3) is 0 Å². The molecule has 0 aromatic heterocycles. The standard InChI is InChI=1S/C6H13OP/c1-2-6(5-8)3-7-4-6/h2-5,8H2,1H3. The Bertz CT molecular complexity index is 65.1. The highest BCUT2D eigenvalue weighted by atomic mass is 31.0. The van der Waals surface area contributed by atoms with E-state index in [0.717, 1.165) is 13.2 Å². The Balaban J connectivity index is 2.33. The van der Waals surface area contributed by atoms with E-state index >= 15 is 0 Å². The first-order valence-corrected chi connectivity index (χ1v) is 3.92. The van der Waals surface area contributed by atoms with E-state index in [-0.39, 0.29) is 0 Å². The van der Waals surface area contributed by atoms with Gasteiger partial charge in [0, 0.05) is 5.41 Å². The summed E-state index contributed by atoms with van der Waals surface area (Å²) < 4.78 is 5.11. The van der Waals surface area contributed by atoms with Crippen molar-refractivity contribution in [3.8, 4) is 0 Å². The fraction of sp³-hybridized carbons (Fsp3) is 1.00. The van der Waals surface area contributed by atoms with E-state index in [9.17, 15) is 0 Å². The molecule has 1 atom stereocenters. The van der Waals surface area contributed by atoms with Gasteiger partial charge in [-0.25, -0.2) is 0 Å². The Morgan fingerprint density at radius 3 is 2.25 bits per heavy atom. The molecule has 0 aromatic carbocycles. The van der Waals surface area contributed by atoms with E-state index in [4.69, 9.17) is 4.74 Å². The van der Waals surface area contributed by atoms with Crippen molar-refractivity contribution in [3.63, 3.8) is 0 Å². The van der Waals surface area contributed by atoms with Gasteiger partial charge in [-0.2, -0.15) is 0 Å². The first-order valence-electron chi connectivity index (χ1n) is 3.11. The summed E-state index contributed by atoms with van der Waals surface area (Å²) in [6.45, 7) is 4.19. The Hall–Kier alpha value is 0.390. The Morgan fingerprint density at radius 2 is 2.25 bits per heavy atom. The molecule has 0 saturated carbocycles. The zero-order valence-corrected chi connectivity index (χ0v) is 6.47. The van der Waals surface area contributed by atoms with Crippen LogP contribution in [0.3, 0.4) is 0 Å². The van der Waals surface area contributed by atoms with E-state index in [0.29, 0.717) is 5.41 Å². The van der Waals surface area contributed by atoms with Crippen molar-refractivity contribution >= 4 is 9.24 Å². The summed E-state index contributed by atoms with van der Waals surface area (Å²) in [6.07, 6.45) is 2.46. The van der Waals surface area contributed by atoms with Gasteiger partial charge in [-0.3, -0.25) is 0 Å². The third-order valence-corrected chi connectivity index (χ3v) is 2.87.